The number of rotatable bonds is 3. The minimum Gasteiger partial charge on any atom is -0.336 e. The molecule has 1 aromatic heterocycles. The number of urea groups is 1. The molecule has 0 saturated carbocycles. The summed E-state index contributed by atoms with van der Waals surface area (Å²) in [4.78, 5) is 23.3. The van der Waals surface area contributed by atoms with E-state index in [2.05, 4.69) is 25.5 Å². The largest absolute Gasteiger partial charge is 0.336 e. The lowest BCUT2D eigenvalue weighted by Gasteiger charge is -2.30. The van der Waals surface area contributed by atoms with Gasteiger partial charge in [0.25, 0.3) is 0 Å². The Morgan fingerprint density at radius 3 is 2.68 bits per heavy atom. The van der Waals surface area contributed by atoms with Crippen LogP contribution in [0.5, 0.6) is 0 Å². The number of fused-ring (bicyclic) bond motifs is 1. The summed E-state index contributed by atoms with van der Waals surface area (Å²) in [7, 11) is 0. The van der Waals surface area contributed by atoms with Crippen LogP contribution in [-0.4, -0.2) is 22.5 Å². The summed E-state index contributed by atoms with van der Waals surface area (Å²) < 4.78 is 13.7. The van der Waals surface area contributed by atoms with Gasteiger partial charge in [0, 0.05) is 30.7 Å². The van der Waals surface area contributed by atoms with Crippen molar-refractivity contribution in [1.82, 2.24) is 9.97 Å². The van der Waals surface area contributed by atoms with E-state index in [0.29, 0.717) is 12.5 Å². The smallest absolute Gasteiger partial charge is 0.323 e. The van der Waals surface area contributed by atoms with Crippen LogP contribution in [0.25, 0.3) is 0 Å². The Balaban J connectivity index is 1.50. The number of halogens is 1. The van der Waals surface area contributed by atoms with Gasteiger partial charge in [0.05, 0.1) is 5.69 Å². The van der Waals surface area contributed by atoms with Gasteiger partial charge in [0.2, 0.25) is 5.95 Å². The van der Waals surface area contributed by atoms with Crippen LogP contribution in [0.4, 0.5) is 26.5 Å². The van der Waals surface area contributed by atoms with Crippen molar-refractivity contribution in [2.45, 2.75) is 19.9 Å². The van der Waals surface area contributed by atoms with E-state index >= 15 is 0 Å². The van der Waals surface area contributed by atoms with Crippen molar-refractivity contribution in [3.8, 4) is 0 Å². The molecule has 7 heteroatoms. The highest BCUT2D eigenvalue weighted by atomic mass is 19.1. The van der Waals surface area contributed by atoms with Crippen LogP contribution in [0.15, 0.2) is 54.7 Å². The minimum atomic E-state index is -0.471. The van der Waals surface area contributed by atoms with E-state index in [1.165, 1.54) is 12.1 Å². The lowest BCUT2D eigenvalue weighted by atomic mass is 9.98. The quantitative estimate of drug-likeness (QED) is 0.720. The van der Waals surface area contributed by atoms with Gasteiger partial charge in [-0.15, -0.1) is 0 Å². The maximum Gasteiger partial charge on any atom is 0.323 e. The summed E-state index contributed by atoms with van der Waals surface area (Å²) in [5.74, 6) is 0.239. The van der Waals surface area contributed by atoms with E-state index < -0.39 is 11.8 Å². The molecule has 2 N–H and O–H groups in total. The second-order valence-corrected chi connectivity index (χ2v) is 6.67. The topological polar surface area (TPSA) is 70.2 Å². The van der Waals surface area contributed by atoms with Gasteiger partial charge in [-0.3, -0.25) is 0 Å². The number of para-hydroxylation sites is 1. The molecule has 3 aromatic rings. The lowest BCUT2D eigenvalue weighted by molar-refractivity contribution is 0.262. The standard InChI is InChI=1S/C21H20FN5O/c1-14-9-11-23-20(24-14)27-12-10-16-15(13-27)5-4-8-18(16)25-21(28)26-19-7-3-2-6-17(19)22/h2-9,11H,10,12-13H2,1H3,(H2,25,26,28). The van der Waals surface area contributed by atoms with Gasteiger partial charge in [-0.25, -0.2) is 19.2 Å². The monoisotopic (exact) mass is 377 g/mol. The molecule has 2 heterocycles. The average molecular weight is 377 g/mol. The van der Waals surface area contributed by atoms with E-state index in [9.17, 15) is 9.18 Å². The Bertz CT molecular complexity index is 1020. The second-order valence-electron chi connectivity index (χ2n) is 6.67. The van der Waals surface area contributed by atoms with Crippen molar-refractivity contribution in [2.75, 3.05) is 22.1 Å². The van der Waals surface area contributed by atoms with Crippen LogP contribution in [0.3, 0.4) is 0 Å². The Morgan fingerprint density at radius 1 is 1.07 bits per heavy atom. The van der Waals surface area contributed by atoms with Gasteiger partial charge in [0.1, 0.15) is 5.82 Å². The average Bonchev–Trinajstić information content (AvgIpc) is 2.69. The Kier molecular flexibility index (Phi) is 4.89. The third-order valence-electron chi connectivity index (χ3n) is 4.70. The number of aryl methyl sites for hydroxylation is 1. The molecule has 0 fully saturated rings. The number of anilines is 3. The molecule has 0 saturated heterocycles. The first-order chi connectivity index (χ1) is 13.6. The Morgan fingerprint density at radius 2 is 1.86 bits per heavy atom. The molecule has 142 valence electrons. The number of hydrogen-bond donors (Lipinski definition) is 2. The molecule has 1 aliphatic heterocycles. The predicted octanol–water partition coefficient (Wildman–Crippen LogP) is 4.13. The van der Waals surface area contributed by atoms with Crippen LogP contribution in [-0.2, 0) is 13.0 Å². The predicted molar refractivity (Wildman–Crippen MR) is 107 cm³/mol. The molecule has 28 heavy (non-hydrogen) atoms. The second kappa shape index (κ2) is 7.64. The minimum absolute atomic E-state index is 0.146. The number of nitrogens with zero attached hydrogens (tertiary/aromatic N) is 3. The van der Waals surface area contributed by atoms with E-state index in [0.717, 1.165) is 35.5 Å². The number of nitrogens with one attached hydrogen (secondary N) is 2. The summed E-state index contributed by atoms with van der Waals surface area (Å²) in [6, 6.07) is 13.3. The third-order valence-corrected chi connectivity index (χ3v) is 4.70. The number of hydrogen-bond acceptors (Lipinski definition) is 4. The molecule has 0 bridgehead atoms. The molecule has 2 amide bonds. The number of aromatic nitrogens is 2. The normalized spacial score (nSPS) is 13.0. The van der Waals surface area contributed by atoms with Crippen LogP contribution in [0, 0.1) is 12.7 Å². The number of amides is 2. The summed E-state index contributed by atoms with van der Waals surface area (Å²) in [5.41, 5.74) is 4.00. The van der Waals surface area contributed by atoms with Gasteiger partial charge in [-0.1, -0.05) is 24.3 Å². The van der Waals surface area contributed by atoms with Gasteiger partial charge >= 0.3 is 6.03 Å². The Hall–Kier alpha value is -3.48. The fourth-order valence-electron chi connectivity index (χ4n) is 3.32. The van der Waals surface area contributed by atoms with E-state index in [1.54, 1.807) is 18.3 Å². The van der Waals surface area contributed by atoms with Gasteiger partial charge in [-0.2, -0.15) is 0 Å². The zero-order valence-corrected chi connectivity index (χ0v) is 15.4. The maximum atomic E-state index is 13.7. The highest BCUT2D eigenvalue weighted by Gasteiger charge is 2.21. The molecule has 0 aliphatic carbocycles. The van der Waals surface area contributed by atoms with Crippen LogP contribution in [0.1, 0.15) is 16.8 Å². The van der Waals surface area contributed by atoms with Crippen molar-refractivity contribution in [3.63, 3.8) is 0 Å². The Labute approximate surface area is 162 Å². The molecule has 6 nitrogen and oxygen atoms in total. The molecule has 1 aliphatic rings. The summed E-state index contributed by atoms with van der Waals surface area (Å²) >= 11 is 0. The van der Waals surface area contributed by atoms with E-state index in [-0.39, 0.29) is 5.69 Å². The number of carbonyl (C=O) groups excluding carboxylic acids is 1. The van der Waals surface area contributed by atoms with Gasteiger partial charge in [-0.05, 0) is 48.7 Å². The summed E-state index contributed by atoms with van der Waals surface area (Å²) in [6.45, 7) is 3.37. The molecule has 0 radical (unpaired) electrons. The fraction of sp³-hybridized carbons (Fsp3) is 0.190. The van der Waals surface area contributed by atoms with E-state index in [4.69, 9.17) is 0 Å². The molecule has 0 unspecified atom stereocenters. The molecule has 2 aromatic carbocycles. The SMILES string of the molecule is Cc1ccnc(N2CCc3c(cccc3NC(=O)Nc3ccccc3F)C2)n1. The first-order valence-electron chi connectivity index (χ1n) is 9.08. The van der Waals surface area contributed by atoms with Crippen molar-refractivity contribution in [1.29, 1.82) is 0 Å². The van der Waals surface area contributed by atoms with Crippen molar-refractivity contribution < 1.29 is 9.18 Å². The maximum absolute atomic E-state index is 13.7. The first kappa shape index (κ1) is 17.9. The summed E-state index contributed by atoms with van der Waals surface area (Å²) in [6.07, 6.45) is 2.51. The highest BCUT2D eigenvalue weighted by Crippen LogP contribution is 2.28. The zero-order valence-electron chi connectivity index (χ0n) is 15.4. The van der Waals surface area contributed by atoms with Crippen LogP contribution in [0.2, 0.25) is 0 Å². The molecule has 0 atom stereocenters. The van der Waals surface area contributed by atoms with Crippen LogP contribution >= 0.6 is 0 Å². The lowest BCUT2D eigenvalue weighted by Crippen LogP contribution is -2.32. The highest BCUT2D eigenvalue weighted by molar-refractivity contribution is 6.00. The number of benzene rings is 2. The molecule has 0 spiro atoms. The zero-order chi connectivity index (χ0) is 19.5. The van der Waals surface area contributed by atoms with Crippen LogP contribution < -0.4 is 15.5 Å². The number of carbonyl (C=O) groups is 1. The first-order valence-corrected chi connectivity index (χ1v) is 9.08. The van der Waals surface area contributed by atoms with E-state index in [1.807, 2.05) is 31.2 Å². The van der Waals surface area contributed by atoms with Crippen molar-refractivity contribution in [3.05, 3.63) is 77.4 Å². The fourth-order valence-corrected chi connectivity index (χ4v) is 3.32. The van der Waals surface area contributed by atoms with Gasteiger partial charge < -0.3 is 15.5 Å². The van der Waals surface area contributed by atoms with Crippen molar-refractivity contribution in [2.24, 2.45) is 0 Å². The third kappa shape index (κ3) is 3.78. The van der Waals surface area contributed by atoms with Gasteiger partial charge in [0.15, 0.2) is 0 Å². The molecular weight excluding hydrogens is 357 g/mol. The molecule has 4 rings (SSSR count). The van der Waals surface area contributed by atoms with Crippen molar-refractivity contribution >= 4 is 23.4 Å². The molecular formula is C21H20FN5O. The summed E-state index contributed by atoms with van der Waals surface area (Å²) in [5, 5.41) is 5.39.